The van der Waals surface area contributed by atoms with E-state index in [4.69, 9.17) is 10.5 Å². The van der Waals surface area contributed by atoms with Crippen LogP contribution < -0.4 is 11.1 Å². The summed E-state index contributed by atoms with van der Waals surface area (Å²) in [6.45, 7) is 8.08. The third-order valence-corrected chi connectivity index (χ3v) is 3.10. The monoisotopic (exact) mass is 278 g/mol. The van der Waals surface area contributed by atoms with Crippen molar-refractivity contribution in [2.24, 2.45) is 11.7 Å². The number of aryl methyl sites for hydroxylation is 1. The molecule has 0 aliphatic rings. The minimum atomic E-state index is -0.619. The van der Waals surface area contributed by atoms with Crippen molar-refractivity contribution in [3.63, 3.8) is 0 Å². The number of amides is 1. The van der Waals surface area contributed by atoms with Crippen LogP contribution in [0.5, 0.6) is 0 Å². The molecule has 0 aliphatic carbocycles. The zero-order chi connectivity index (χ0) is 15.0. The average molecular weight is 278 g/mol. The Morgan fingerprint density at radius 2 is 1.90 bits per heavy atom. The first kappa shape index (κ1) is 16.7. The van der Waals surface area contributed by atoms with Gasteiger partial charge in [0.15, 0.2) is 0 Å². The SMILES string of the molecule is Cc1ccc(C(N)C(=O)NCCOCCC(C)C)cc1. The standard InChI is InChI=1S/C16H26N2O2/c1-12(2)8-10-20-11-9-18-16(19)15(17)14-6-4-13(3)5-7-14/h4-7,12,15H,8-11,17H2,1-3H3,(H,18,19). The molecule has 3 N–H and O–H groups in total. The van der Waals surface area contributed by atoms with E-state index in [0.717, 1.165) is 24.2 Å². The number of nitrogens with one attached hydrogen (secondary N) is 1. The van der Waals surface area contributed by atoms with E-state index in [9.17, 15) is 4.79 Å². The highest BCUT2D eigenvalue weighted by Gasteiger charge is 2.14. The fourth-order valence-electron chi connectivity index (χ4n) is 1.70. The first-order chi connectivity index (χ1) is 9.50. The van der Waals surface area contributed by atoms with Gasteiger partial charge in [0.25, 0.3) is 0 Å². The van der Waals surface area contributed by atoms with Crippen LogP contribution in [-0.2, 0) is 9.53 Å². The van der Waals surface area contributed by atoms with Crippen LogP contribution in [0.25, 0.3) is 0 Å². The van der Waals surface area contributed by atoms with Gasteiger partial charge in [0.1, 0.15) is 6.04 Å². The number of nitrogens with two attached hydrogens (primary N) is 1. The highest BCUT2D eigenvalue weighted by Crippen LogP contribution is 2.11. The van der Waals surface area contributed by atoms with Gasteiger partial charge >= 0.3 is 0 Å². The van der Waals surface area contributed by atoms with Crippen molar-refractivity contribution in [2.75, 3.05) is 19.8 Å². The Hall–Kier alpha value is -1.39. The van der Waals surface area contributed by atoms with Crippen LogP contribution in [0.2, 0.25) is 0 Å². The number of hydrogen-bond acceptors (Lipinski definition) is 3. The zero-order valence-corrected chi connectivity index (χ0v) is 12.7. The first-order valence-electron chi connectivity index (χ1n) is 7.18. The van der Waals surface area contributed by atoms with Crippen molar-refractivity contribution in [1.82, 2.24) is 5.32 Å². The van der Waals surface area contributed by atoms with E-state index in [0.29, 0.717) is 19.1 Å². The Labute approximate surface area is 121 Å². The second-order valence-electron chi connectivity index (χ2n) is 5.47. The predicted molar refractivity (Wildman–Crippen MR) is 81.4 cm³/mol. The van der Waals surface area contributed by atoms with E-state index in [2.05, 4.69) is 19.2 Å². The molecule has 4 nitrogen and oxygen atoms in total. The normalized spacial score (nSPS) is 12.4. The minimum absolute atomic E-state index is 0.165. The molecule has 0 heterocycles. The molecule has 1 rings (SSSR count). The summed E-state index contributed by atoms with van der Waals surface area (Å²) in [6.07, 6.45) is 1.04. The molecular formula is C16H26N2O2. The summed E-state index contributed by atoms with van der Waals surface area (Å²) < 4.78 is 5.44. The second kappa shape index (κ2) is 8.72. The molecule has 0 bridgehead atoms. The molecule has 1 amide bonds. The van der Waals surface area contributed by atoms with Gasteiger partial charge in [-0.15, -0.1) is 0 Å². The highest BCUT2D eigenvalue weighted by molar-refractivity contribution is 5.82. The van der Waals surface area contributed by atoms with Gasteiger partial charge in [-0.05, 0) is 24.8 Å². The van der Waals surface area contributed by atoms with Crippen molar-refractivity contribution in [1.29, 1.82) is 0 Å². The van der Waals surface area contributed by atoms with E-state index in [1.807, 2.05) is 31.2 Å². The maximum Gasteiger partial charge on any atom is 0.241 e. The van der Waals surface area contributed by atoms with Gasteiger partial charge in [0.2, 0.25) is 5.91 Å². The van der Waals surface area contributed by atoms with Crippen LogP contribution >= 0.6 is 0 Å². The maximum atomic E-state index is 11.9. The fourth-order valence-corrected chi connectivity index (χ4v) is 1.70. The van der Waals surface area contributed by atoms with Gasteiger partial charge in [-0.2, -0.15) is 0 Å². The number of hydrogen-bond donors (Lipinski definition) is 2. The molecule has 20 heavy (non-hydrogen) atoms. The van der Waals surface area contributed by atoms with E-state index in [1.165, 1.54) is 0 Å². The van der Waals surface area contributed by atoms with Gasteiger partial charge in [-0.25, -0.2) is 0 Å². The molecule has 1 unspecified atom stereocenters. The van der Waals surface area contributed by atoms with Crippen molar-refractivity contribution in [3.8, 4) is 0 Å². The summed E-state index contributed by atoms with van der Waals surface area (Å²) in [6, 6.07) is 7.07. The third-order valence-electron chi connectivity index (χ3n) is 3.10. The average Bonchev–Trinajstić information content (AvgIpc) is 2.42. The number of carbonyl (C=O) groups excluding carboxylic acids is 1. The van der Waals surface area contributed by atoms with E-state index in [1.54, 1.807) is 0 Å². The molecule has 0 saturated carbocycles. The van der Waals surface area contributed by atoms with Gasteiger partial charge < -0.3 is 15.8 Å². The number of carbonyl (C=O) groups is 1. The molecule has 1 aromatic rings. The lowest BCUT2D eigenvalue weighted by Gasteiger charge is -2.13. The zero-order valence-electron chi connectivity index (χ0n) is 12.7. The number of benzene rings is 1. The molecule has 4 heteroatoms. The lowest BCUT2D eigenvalue weighted by atomic mass is 10.1. The Bertz CT molecular complexity index is 401. The predicted octanol–water partition coefficient (Wildman–Crippen LogP) is 2.17. The summed E-state index contributed by atoms with van der Waals surface area (Å²) in [5.74, 6) is 0.473. The van der Waals surface area contributed by atoms with Gasteiger partial charge in [0.05, 0.1) is 6.61 Å². The quantitative estimate of drug-likeness (QED) is 0.716. The highest BCUT2D eigenvalue weighted by atomic mass is 16.5. The Morgan fingerprint density at radius 3 is 2.50 bits per heavy atom. The third kappa shape index (κ3) is 6.17. The Kier molecular flexibility index (Phi) is 7.26. The Balaban J connectivity index is 2.23. The number of ether oxygens (including phenoxy) is 1. The van der Waals surface area contributed by atoms with E-state index in [-0.39, 0.29) is 5.91 Å². The van der Waals surface area contributed by atoms with Crippen molar-refractivity contribution in [2.45, 2.75) is 33.2 Å². The topological polar surface area (TPSA) is 64.4 Å². The largest absolute Gasteiger partial charge is 0.380 e. The van der Waals surface area contributed by atoms with Crippen LogP contribution in [0.1, 0.15) is 37.4 Å². The van der Waals surface area contributed by atoms with Crippen LogP contribution in [0, 0.1) is 12.8 Å². The van der Waals surface area contributed by atoms with Crippen molar-refractivity contribution >= 4 is 5.91 Å². The van der Waals surface area contributed by atoms with Gasteiger partial charge in [-0.3, -0.25) is 4.79 Å². The minimum Gasteiger partial charge on any atom is -0.380 e. The molecule has 1 atom stereocenters. The second-order valence-corrected chi connectivity index (χ2v) is 5.47. The molecule has 0 aliphatic heterocycles. The lowest BCUT2D eigenvalue weighted by molar-refractivity contribution is -0.122. The lowest BCUT2D eigenvalue weighted by Crippen LogP contribution is -2.36. The molecule has 0 spiro atoms. The van der Waals surface area contributed by atoms with Gasteiger partial charge in [-0.1, -0.05) is 43.7 Å². The van der Waals surface area contributed by atoms with Crippen molar-refractivity contribution in [3.05, 3.63) is 35.4 Å². The molecule has 112 valence electrons. The molecular weight excluding hydrogens is 252 g/mol. The molecule has 0 radical (unpaired) electrons. The summed E-state index contributed by atoms with van der Waals surface area (Å²) in [5.41, 5.74) is 7.90. The van der Waals surface area contributed by atoms with Gasteiger partial charge in [0, 0.05) is 13.2 Å². The van der Waals surface area contributed by atoms with E-state index < -0.39 is 6.04 Å². The first-order valence-corrected chi connectivity index (χ1v) is 7.18. The van der Waals surface area contributed by atoms with Crippen LogP contribution in [0.3, 0.4) is 0 Å². The van der Waals surface area contributed by atoms with Crippen LogP contribution in [0.4, 0.5) is 0 Å². The summed E-state index contributed by atoms with van der Waals surface area (Å²) in [7, 11) is 0. The van der Waals surface area contributed by atoms with Crippen LogP contribution in [0.15, 0.2) is 24.3 Å². The van der Waals surface area contributed by atoms with E-state index >= 15 is 0 Å². The summed E-state index contributed by atoms with van der Waals surface area (Å²) in [4.78, 5) is 11.9. The summed E-state index contributed by atoms with van der Waals surface area (Å²) in [5, 5.41) is 2.79. The smallest absolute Gasteiger partial charge is 0.241 e. The fraction of sp³-hybridized carbons (Fsp3) is 0.562. The molecule has 1 aromatic carbocycles. The maximum absolute atomic E-state index is 11.9. The summed E-state index contributed by atoms with van der Waals surface area (Å²) >= 11 is 0. The molecule has 0 fully saturated rings. The molecule has 0 saturated heterocycles. The Morgan fingerprint density at radius 1 is 1.25 bits per heavy atom. The molecule has 0 aromatic heterocycles. The van der Waals surface area contributed by atoms with Crippen LogP contribution in [-0.4, -0.2) is 25.7 Å². The van der Waals surface area contributed by atoms with Crippen molar-refractivity contribution < 1.29 is 9.53 Å². The number of rotatable bonds is 8.